The average molecular weight is 284 g/mol. The van der Waals surface area contributed by atoms with Gasteiger partial charge in [-0.1, -0.05) is 28.1 Å². The molecule has 0 spiro atoms. The van der Waals surface area contributed by atoms with Crippen LogP contribution in [0.5, 0.6) is 0 Å². The molecule has 0 aromatic heterocycles. The number of aliphatic hydroxyl groups is 1. The van der Waals surface area contributed by atoms with Gasteiger partial charge in [-0.05, 0) is 50.0 Å². The molecular weight excluding hydrogens is 266 g/mol. The van der Waals surface area contributed by atoms with Gasteiger partial charge in [0.25, 0.3) is 0 Å². The maximum Gasteiger partial charge on any atom is 0.0712 e. The van der Waals surface area contributed by atoms with Gasteiger partial charge in [0.2, 0.25) is 0 Å². The van der Waals surface area contributed by atoms with Gasteiger partial charge in [-0.3, -0.25) is 0 Å². The fourth-order valence-electron chi connectivity index (χ4n) is 2.22. The Hall–Kier alpha value is -0.380. The molecule has 0 aliphatic carbocycles. The first-order chi connectivity index (χ1) is 7.59. The van der Waals surface area contributed by atoms with Gasteiger partial charge >= 0.3 is 0 Å². The van der Waals surface area contributed by atoms with Crippen molar-refractivity contribution >= 4 is 15.9 Å². The van der Waals surface area contributed by atoms with Crippen LogP contribution in [0.1, 0.15) is 24.0 Å². The van der Waals surface area contributed by atoms with Crippen molar-refractivity contribution in [3.05, 3.63) is 33.8 Å². The molecule has 0 atom stereocenters. The number of aryl methyl sites for hydroxylation is 1. The third kappa shape index (κ3) is 2.84. The van der Waals surface area contributed by atoms with Gasteiger partial charge in [0, 0.05) is 10.9 Å². The summed E-state index contributed by atoms with van der Waals surface area (Å²) in [5.74, 6) is 0. The first kappa shape index (κ1) is 12.1. The predicted molar refractivity (Wildman–Crippen MR) is 69.6 cm³/mol. The van der Waals surface area contributed by atoms with Crippen LogP contribution in [-0.4, -0.2) is 23.8 Å². The summed E-state index contributed by atoms with van der Waals surface area (Å²) in [7, 11) is 0. The first-order valence-corrected chi connectivity index (χ1v) is 6.56. The number of hydrogen-bond donors (Lipinski definition) is 2. The topological polar surface area (TPSA) is 32.3 Å². The molecule has 2 nitrogen and oxygen atoms in total. The summed E-state index contributed by atoms with van der Waals surface area (Å²) in [5, 5.41) is 13.7. The SMILES string of the molecule is Cc1ccc(CC2(O)CCNCC2)c(Br)c1. The van der Waals surface area contributed by atoms with E-state index in [0.29, 0.717) is 0 Å². The Bertz CT molecular complexity index is 372. The summed E-state index contributed by atoms with van der Waals surface area (Å²) in [4.78, 5) is 0. The van der Waals surface area contributed by atoms with Crippen LogP contribution in [0.15, 0.2) is 22.7 Å². The molecule has 1 heterocycles. The highest BCUT2D eigenvalue weighted by atomic mass is 79.9. The fourth-order valence-corrected chi connectivity index (χ4v) is 2.85. The van der Waals surface area contributed by atoms with E-state index in [0.717, 1.165) is 36.8 Å². The average Bonchev–Trinajstić information content (AvgIpc) is 2.23. The Morgan fingerprint density at radius 3 is 2.69 bits per heavy atom. The molecule has 0 unspecified atom stereocenters. The smallest absolute Gasteiger partial charge is 0.0712 e. The van der Waals surface area contributed by atoms with Crippen LogP contribution >= 0.6 is 15.9 Å². The van der Waals surface area contributed by atoms with E-state index in [1.807, 2.05) is 0 Å². The number of rotatable bonds is 2. The maximum atomic E-state index is 10.5. The molecule has 88 valence electrons. The molecule has 0 amide bonds. The Labute approximate surface area is 105 Å². The van der Waals surface area contributed by atoms with Crippen molar-refractivity contribution in [1.82, 2.24) is 5.32 Å². The zero-order chi connectivity index (χ0) is 11.6. The Morgan fingerprint density at radius 1 is 1.38 bits per heavy atom. The van der Waals surface area contributed by atoms with Crippen LogP contribution in [0.3, 0.4) is 0 Å². The lowest BCUT2D eigenvalue weighted by atomic mass is 9.86. The highest BCUT2D eigenvalue weighted by molar-refractivity contribution is 9.10. The van der Waals surface area contributed by atoms with E-state index < -0.39 is 5.60 Å². The number of piperidine rings is 1. The van der Waals surface area contributed by atoms with Crippen LogP contribution in [-0.2, 0) is 6.42 Å². The number of benzene rings is 1. The first-order valence-electron chi connectivity index (χ1n) is 5.77. The highest BCUT2D eigenvalue weighted by Crippen LogP contribution is 2.27. The lowest BCUT2D eigenvalue weighted by Crippen LogP contribution is -2.43. The normalized spacial score (nSPS) is 19.7. The summed E-state index contributed by atoms with van der Waals surface area (Å²) in [6.07, 6.45) is 2.43. The van der Waals surface area contributed by atoms with Gasteiger partial charge in [0.05, 0.1) is 5.60 Å². The van der Waals surface area contributed by atoms with Crippen molar-refractivity contribution in [1.29, 1.82) is 0 Å². The second-order valence-electron chi connectivity index (χ2n) is 4.75. The van der Waals surface area contributed by atoms with Crippen molar-refractivity contribution in [2.75, 3.05) is 13.1 Å². The van der Waals surface area contributed by atoms with E-state index in [9.17, 15) is 5.11 Å². The third-order valence-corrected chi connectivity index (χ3v) is 4.00. The molecular formula is C13H18BrNO. The minimum atomic E-state index is -0.525. The molecule has 1 saturated heterocycles. The molecule has 1 aromatic rings. The summed E-state index contributed by atoms with van der Waals surface area (Å²) in [5.41, 5.74) is 1.92. The third-order valence-electron chi connectivity index (χ3n) is 3.26. The number of hydrogen-bond acceptors (Lipinski definition) is 2. The maximum absolute atomic E-state index is 10.5. The molecule has 2 N–H and O–H groups in total. The van der Waals surface area contributed by atoms with Gasteiger partial charge in [-0.2, -0.15) is 0 Å². The molecule has 16 heavy (non-hydrogen) atoms. The van der Waals surface area contributed by atoms with Gasteiger partial charge in [0.15, 0.2) is 0 Å². The van der Waals surface area contributed by atoms with Crippen molar-refractivity contribution in [3.8, 4) is 0 Å². The predicted octanol–water partition coefficient (Wildman–Crippen LogP) is 2.41. The molecule has 0 saturated carbocycles. The van der Waals surface area contributed by atoms with Gasteiger partial charge in [-0.15, -0.1) is 0 Å². The van der Waals surface area contributed by atoms with Crippen LogP contribution in [0, 0.1) is 6.92 Å². The quantitative estimate of drug-likeness (QED) is 0.874. The van der Waals surface area contributed by atoms with Crippen LogP contribution in [0.25, 0.3) is 0 Å². The van der Waals surface area contributed by atoms with Crippen molar-refractivity contribution in [2.24, 2.45) is 0 Å². The Morgan fingerprint density at radius 2 is 2.06 bits per heavy atom. The monoisotopic (exact) mass is 283 g/mol. The van der Waals surface area contributed by atoms with Crippen molar-refractivity contribution in [2.45, 2.75) is 31.8 Å². The summed E-state index contributed by atoms with van der Waals surface area (Å²) in [6.45, 7) is 3.91. The lowest BCUT2D eigenvalue weighted by molar-refractivity contribution is 0.0107. The van der Waals surface area contributed by atoms with E-state index in [1.165, 1.54) is 11.1 Å². The molecule has 0 bridgehead atoms. The van der Waals surface area contributed by atoms with Gasteiger partial charge in [-0.25, -0.2) is 0 Å². The standard InChI is InChI=1S/C13H18BrNO/c1-10-2-3-11(12(14)8-10)9-13(16)4-6-15-7-5-13/h2-3,8,15-16H,4-7,9H2,1H3. The Kier molecular flexibility index (Phi) is 3.67. The molecule has 1 aliphatic heterocycles. The Balaban J connectivity index is 2.13. The van der Waals surface area contributed by atoms with Crippen LogP contribution in [0.4, 0.5) is 0 Å². The molecule has 3 heteroatoms. The minimum absolute atomic E-state index is 0.525. The van der Waals surface area contributed by atoms with E-state index in [2.05, 4.69) is 46.4 Å². The fraction of sp³-hybridized carbons (Fsp3) is 0.538. The second-order valence-corrected chi connectivity index (χ2v) is 5.60. The number of halogens is 1. The van der Waals surface area contributed by atoms with Crippen LogP contribution in [0.2, 0.25) is 0 Å². The molecule has 2 rings (SSSR count). The molecule has 1 aromatic carbocycles. The molecule has 1 aliphatic rings. The van der Waals surface area contributed by atoms with Crippen molar-refractivity contribution in [3.63, 3.8) is 0 Å². The van der Waals surface area contributed by atoms with E-state index in [1.54, 1.807) is 0 Å². The zero-order valence-corrected chi connectivity index (χ0v) is 11.2. The van der Waals surface area contributed by atoms with E-state index in [-0.39, 0.29) is 0 Å². The van der Waals surface area contributed by atoms with E-state index >= 15 is 0 Å². The lowest BCUT2D eigenvalue weighted by Gasteiger charge is -2.33. The summed E-state index contributed by atoms with van der Waals surface area (Å²) >= 11 is 3.57. The summed E-state index contributed by atoms with van der Waals surface area (Å²) < 4.78 is 1.11. The second kappa shape index (κ2) is 4.86. The van der Waals surface area contributed by atoms with Crippen molar-refractivity contribution < 1.29 is 5.11 Å². The van der Waals surface area contributed by atoms with Gasteiger partial charge < -0.3 is 10.4 Å². The zero-order valence-electron chi connectivity index (χ0n) is 9.59. The largest absolute Gasteiger partial charge is 0.389 e. The van der Waals surface area contributed by atoms with E-state index in [4.69, 9.17) is 0 Å². The minimum Gasteiger partial charge on any atom is -0.389 e. The highest BCUT2D eigenvalue weighted by Gasteiger charge is 2.29. The van der Waals surface area contributed by atoms with Gasteiger partial charge in [0.1, 0.15) is 0 Å². The van der Waals surface area contributed by atoms with Crippen LogP contribution < -0.4 is 5.32 Å². The molecule has 0 radical (unpaired) electrons. The summed E-state index contributed by atoms with van der Waals surface area (Å²) in [6, 6.07) is 6.32. The molecule has 1 fully saturated rings. The number of nitrogens with one attached hydrogen (secondary N) is 1.